The predicted octanol–water partition coefficient (Wildman–Crippen LogP) is 0.230. The van der Waals surface area contributed by atoms with Crippen LogP contribution in [0.2, 0.25) is 0 Å². The highest BCUT2D eigenvalue weighted by Crippen LogP contribution is 2.28. The Labute approximate surface area is 105 Å². The monoisotopic (exact) mass is 247 g/mol. The van der Waals surface area contributed by atoms with Crippen molar-refractivity contribution < 1.29 is 4.79 Å². The minimum atomic E-state index is -0.0351. The molecule has 1 aromatic heterocycles. The molecule has 1 fully saturated rings. The van der Waals surface area contributed by atoms with Crippen LogP contribution >= 0.6 is 0 Å². The van der Waals surface area contributed by atoms with Gasteiger partial charge in [0.2, 0.25) is 11.5 Å². The van der Waals surface area contributed by atoms with E-state index < -0.39 is 0 Å². The van der Waals surface area contributed by atoms with Gasteiger partial charge < -0.3 is 15.6 Å². The minimum Gasteiger partial charge on any atom is -0.354 e. The van der Waals surface area contributed by atoms with Gasteiger partial charge in [-0.3, -0.25) is 9.59 Å². The maximum atomic E-state index is 11.3. The van der Waals surface area contributed by atoms with Crippen molar-refractivity contribution in [3.63, 3.8) is 0 Å². The molecule has 5 nitrogen and oxygen atoms in total. The highest BCUT2D eigenvalue weighted by molar-refractivity contribution is 5.78. The zero-order valence-electron chi connectivity index (χ0n) is 10.2. The largest absolute Gasteiger partial charge is 0.354 e. The van der Waals surface area contributed by atoms with Crippen molar-refractivity contribution in [2.45, 2.75) is 37.8 Å². The Balaban J connectivity index is 1.79. The summed E-state index contributed by atoms with van der Waals surface area (Å²) in [6.07, 6.45) is 3.61. The van der Waals surface area contributed by atoms with Crippen LogP contribution in [0.5, 0.6) is 0 Å². The highest BCUT2D eigenvalue weighted by atomic mass is 16.2. The molecular weight excluding hydrogens is 230 g/mol. The molecule has 1 saturated heterocycles. The lowest BCUT2D eigenvalue weighted by Crippen LogP contribution is -2.36. The zero-order valence-corrected chi connectivity index (χ0v) is 10.2. The van der Waals surface area contributed by atoms with Crippen LogP contribution < -0.4 is 16.2 Å². The summed E-state index contributed by atoms with van der Waals surface area (Å²) in [6.45, 7) is 0.702. The summed E-state index contributed by atoms with van der Waals surface area (Å²) in [5.41, 5.74) is 2.19. The zero-order chi connectivity index (χ0) is 12.5. The summed E-state index contributed by atoms with van der Waals surface area (Å²) in [6, 6.07) is 3.95. The van der Waals surface area contributed by atoms with Crippen LogP contribution in [0.15, 0.2) is 16.9 Å². The first-order valence-electron chi connectivity index (χ1n) is 6.47. The summed E-state index contributed by atoms with van der Waals surface area (Å²) >= 11 is 0. The molecule has 2 unspecified atom stereocenters. The molecule has 1 aliphatic heterocycles. The lowest BCUT2D eigenvalue weighted by molar-refractivity contribution is -0.119. The van der Waals surface area contributed by atoms with Crippen molar-refractivity contribution in [3.8, 4) is 0 Å². The number of carbonyl (C=O) groups excluding carboxylic acids is 1. The van der Waals surface area contributed by atoms with Gasteiger partial charge in [-0.15, -0.1) is 0 Å². The molecule has 3 rings (SSSR count). The van der Waals surface area contributed by atoms with Gasteiger partial charge in [0.05, 0.1) is 0 Å². The number of aromatic nitrogens is 1. The highest BCUT2D eigenvalue weighted by Gasteiger charge is 2.27. The molecular formula is C13H17N3O2. The summed E-state index contributed by atoms with van der Waals surface area (Å²) in [7, 11) is 0. The van der Waals surface area contributed by atoms with Gasteiger partial charge >= 0.3 is 0 Å². The van der Waals surface area contributed by atoms with Gasteiger partial charge in [-0.25, -0.2) is 0 Å². The van der Waals surface area contributed by atoms with Crippen LogP contribution in [-0.4, -0.2) is 23.5 Å². The van der Waals surface area contributed by atoms with E-state index in [1.807, 2.05) is 6.07 Å². The van der Waals surface area contributed by atoms with Crippen LogP contribution in [0.1, 0.15) is 36.6 Å². The van der Waals surface area contributed by atoms with Gasteiger partial charge in [-0.05, 0) is 24.8 Å². The summed E-state index contributed by atoms with van der Waals surface area (Å²) in [5.74, 6) is 0.116. The summed E-state index contributed by atoms with van der Waals surface area (Å²) < 4.78 is 0. The Kier molecular flexibility index (Phi) is 2.91. The van der Waals surface area contributed by atoms with Gasteiger partial charge in [0, 0.05) is 36.8 Å². The molecule has 1 amide bonds. The smallest absolute Gasteiger partial charge is 0.248 e. The lowest BCUT2D eigenvalue weighted by atomic mass is 9.90. The number of carbonyl (C=O) groups is 1. The quantitative estimate of drug-likeness (QED) is 0.700. The normalized spacial score (nSPS) is 26.8. The van der Waals surface area contributed by atoms with E-state index in [1.54, 1.807) is 6.07 Å². The fourth-order valence-electron chi connectivity index (χ4n) is 2.88. The second-order valence-electron chi connectivity index (χ2n) is 5.07. The maximum absolute atomic E-state index is 11.3. The van der Waals surface area contributed by atoms with Crippen molar-refractivity contribution in [3.05, 3.63) is 33.7 Å². The Morgan fingerprint density at radius 1 is 1.28 bits per heavy atom. The molecule has 0 spiro atoms. The fraction of sp³-hybridized carbons (Fsp3) is 0.538. The number of hydrogen-bond donors (Lipinski definition) is 3. The number of pyridine rings is 1. The molecule has 18 heavy (non-hydrogen) atoms. The maximum Gasteiger partial charge on any atom is 0.248 e. The van der Waals surface area contributed by atoms with Crippen molar-refractivity contribution in [1.82, 2.24) is 15.6 Å². The molecule has 0 saturated carbocycles. The topological polar surface area (TPSA) is 74.0 Å². The van der Waals surface area contributed by atoms with Crippen LogP contribution in [-0.2, 0) is 11.2 Å². The molecule has 1 aromatic rings. The molecule has 2 aliphatic rings. The number of H-pyrrole nitrogens is 1. The molecule has 5 heteroatoms. The summed E-state index contributed by atoms with van der Waals surface area (Å²) in [5, 5.41) is 6.35. The number of aromatic amines is 1. The van der Waals surface area contributed by atoms with Crippen LogP contribution in [0.3, 0.4) is 0 Å². The molecule has 0 radical (unpaired) electrons. The molecule has 0 aromatic carbocycles. The third kappa shape index (κ3) is 2.18. The number of aryl methyl sites for hydroxylation is 1. The minimum absolute atomic E-state index is 0.0351. The van der Waals surface area contributed by atoms with E-state index in [4.69, 9.17) is 0 Å². The first-order chi connectivity index (χ1) is 8.72. The van der Waals surface area contributed by atoms with Crippen LogP contribution in [0.4, 0.5) is 0 Å². The Bertz CT molecular complexity index is 523. The van der Waals surface area contributed by atoms with Gasteiger partial charge in [0.25, 0.3) is 0 Å². The van der Waals surface area contributed by atoms with E-state index in [2.05, 4.69) is 15.6 Å². The second kappa shape index (κ2) is 4.57. The SMILES string of the molecule is O=C1CC(NC2CCCc3[nH]c(=O)ccc32)CN1. The number of hydrogen-bond acceptors (Lipinski definition) is 3. The predicted molar refractivity (Wildman–Crippen MR) is 67.3 cm³/mol. The summed E-state index contributed by atoms with van der Waals surface area (Å²) in [4.78, 5) is 25.4. The van der Waals surface area contributed by atoms with Crippen molar-refractivity contribution in [1.29, 1.82) is 0 Å². The first kappa shape index (κ1) is 11.5. The van der Waals surface area contributed by atoms with Gasteiger partial charge in [0.1, 0.15) is 0 Å². The van der Waals surface area contributed by atoms with E-state index in [0.717, 1.165) is 25.0 Å². The van der Waals surface area contributed by atoms with Gasteiger partial charge in [-0.2, -0.15) is 0 Å². The van der Waals surface area contributed by atoms with Gasteiger partial charge in [0.15, 0.2) is 0 Å². The molecule has 2 atom stereocenters. The number of rotatable bonds is 2. The number of amides is 1. The van der Waals surface area contributed by atoms with Crippen LogP contribution in [0.25, 0.3) is 0 Å². The van der Waals surface area contributed by atoms with E-state index in [9.17, 15) is 9.59 Å². The molecule has 0 bridgehead atoms. The van der Waals surface area contributed by atoms with E-state index in [-0.39, 0.29) is 23.6 Å². The Hall–Kier alpha value is -1.62. The lowest BCUT2D eigenvalue weighted by Gasteiger charge is -2.28. The second-order valence-corrected chi connectivity index (χ2v) is 5.07. The van der Waals surface area contributed by atoms with E-state index >= 15 is 0 Å². The third-order valence-corrected chi connectivity index (χ3v) is 3.75. The van der Waals surface area contributed by atoms with E-state index in [1.165, 1.54) is 5.56 Å². The average molecular weight is 247 g/mol. The molecule has 3 N–H and O–H groups in total. The van der Waals surface area contributed by atoms with Crippen molar-refractivity contribution >= 4 is 5.91 Å². The number of fused-ring (bicyclic) bond motifs is 1. The Morgan fingerprint density at radius 2 is 2.17 bits per heavy atom. The standard InChI is InChI=1S/C13H17N3O2/c17-12-5-4-9-10(2-1-3-11(9)16-12)15-8-6-13(18)14-7-8/h4-5,8,10,15H,1-3,6-7H2,(H,14,18)(H,16,17). The van der Waals surface area contributed by atoms with Gasteiger partial charge in [-0.1, -0.05) is 6.07 Å². The fourth-order valence-corrected chi connectivity index (χ4v) is 2.88. The average Bonchev–Trinajstić information content (AvgIpc) is 2.75. The Morgan fingerprint density at radius 3 is 2.94 bits per heavy atom. The number of nitrogens with one attached hydrogen (secondary N) is 3. The van der Waals surface area contributed by atoms with Crippen LogP contribution in [0, 0.1) is 0 Å². The first-order valence-corrected chi connectivity index (χ1v) is 6.47. The molecule has 1 aliphatic carbocycles. The third-order valence-electron chi connectivity index (χ3n) is 3.75. The molecule has 96 valence electrons. The van der Waals surface area contributed by atoms with E-state index in [0.29, 0.717) is 13.0 Å². The molecule has 2 heterocycles. The van der Waals surface area contributed by atoms with Crippen molar-refractivity contribution in [2.24, 2.45) is 0 Å². The van der Waals surface area contributed by atoms with Crippen molar-refractivity contribution in [2.75, 3.05) is 6.54 Å².